The molecule has 0 aromatic heterocycles. The van der Waals surface area contributed by atoms with Gasteiger partial charge < -0.3 is 15.5 Å². The van der Waals surface area contributed by atoms with Crippen molar-refractivity contribution in [3.8, 4) is 0 Å². The van der Waals surface area contributed by atoms with Crippen molar-refractivity contribution < 1.29 is 14.5 Å². The van der Waals surface area contributed by atoms with Crippen molar-refractivity contribution in [2.45, 2.75) is 13.0 Å². The number of nitrogens with one attached hydrogen (secondary N) is 2. The van der Waals surface area contributed by atoms with Gasteiger partial charge in [0.2, 0.25) is 5.91 Å². The highest BCUT2D eigenvalue weighted by Gasteiger charge is 2.25. The van der Waals surface area contributed by atoms with E-state index < -0.39 is 16.5 Å². The third kappa shape index (κ3) is 4.80. The second kappa shape index (κ2) is 8.81. The van der Waals surface area contributed by atoms with Crippen LogP contribution in [0.25, 0.3) is 0 Å². The quantitative estimate of drug-likeness (QED) is 0.607. The van der Waals surface area contributed by atoms with Gasteiger partial charge in [0.05, 0.1) is 16.5 Å². The summed E-state index contributed by atoms with van der Waals surface area (Å²) in [5.74, 6) is -0.972. The van der Waals surface area contributed by atoms with Crippen LogP contribution in [0.1, 0.15) is 17.3 Å². The molecule has 2 rings (SSSR count). The van der Waals surface area contributed by atoms with E-state index in [4.69, 9.17) is 11.6 Å². The number of nitrogens with zero attached hydrogens (tertiary/aromatic N) is 2. The van der Waals surface area contributed by atoms with E-state index in [-0.39, 0.29) is 41.5 Å². The Morgan fingerprint density at radius 2 is 2.21 bits per heavy atom. The van der Waals surface area contributed by atoms with E-state index in [1.54, 1.807) is 4.90 Å². The number of hydrogen-bond acceptors (Lipinski definition) is 5. The Hall–Kier alpha value is -1.90. The van der Waals surface area contributed by atoms with E-state index in [1.165, 1.54) is 18.2 Å². The van der Waals surface area contributed by atoms with Gasteiger partial charge in [-0.1, -0.05) is 17.7 Å². The molecule has 1 aromatic rings. The van der Waals surface area contributed by atoms with Crippen LogP contribution < -0.4 is 10.6 Å². The summed E-state index contributed by atoms with van der Waals surface area (Å²) < 4.78 is 0. The SMILES string of the molecule is CC1CN(C(=O)CNC(=O)c2c(Cl)cccc2[N+](=O)[O-])CCN1.Cl. The van der Waals surface area contributed by atoms with Gasteiger partial charge in [0.25, 0.3) is 11.6 Å². The topological polar surface area (TPSA) is 105 Å². The molecule has 1 aromatic carbocycles. The van der Waals surface area contributed by atoms with Crippen LogP contribution in [0.5, 0.6) is 0 Å². The van der Waals surface area contributed by atoms with Crippen molar-refractivity contribution >= 4 is 41.5 Å². The molecule has 8 nitrogen and oxygen atoms in total. The molecular formula is C14H18Cl2N4O4. The van der Waals surface area contributed by atoms with E-state index in [2.05, 4.69) is 10.6 Å². The van der Waals surface area contributed by atoms with Crippen LogP contribution in [-0.2, 0) is 4.79 Å². The molecule has 1 aliphatic heterocycles. The van der Waals surface area contributed by atoms with Gasteiger partial charge in [-0.25, -0.2) is 0 Å². The van der Waals surface area contributed by atoms with Crippen LogP contribution in [0.15, 0.2) is 18.2 Å². The number of hydrogen-bond donors (Lipinski definition) is 2. The molecule has 0 saturated carbocycles. The number of carbonyl (C=O) groups is 2. The van der Waals surface area contributed by atoms with E-state index in [0.29, 0.717) is 19.6 Å². The molecule has 1 fully saturated rings. The maximum Gasteiger partial charge on any atom is 0.283 e. The largest absolute Gasteiger partial charge is 0.343 e. The number of piperazine rings is 1. The Bertz CT molecular complexity index is 641. The fourth-order valence-corrected chi connectivity index (χ4v) is 2.66. The van der Waals surface area contributed by atoms with Crippen LogP contribution in [0.2, 0.25) is 5.02 Å². The van der Waals surface area contributed by atoms with Crippen molar-refractivity contribution in [2.75, 3.05) is 26.2 Å². The number of nitro benzene ring substituents is 1. The average Bonchev–Trinajstić information content (AvgIpc) is 2.51. The Morgan fingerprint density at radius 1 is 1.50 bits per heavy atom. The van der Waals surface area contributed by atoms with Crippen LogP contribution in [0.4, 0.5) is 5.69 Å². The molecule has 1 heterocycles. The van der Waals surface area contributed by atoms with Crippen molar-refractivity contribution in [3.05, 3.63) is 38.9 Å². The lowest BCUT2D eigenvalue weighted by Gasteiger charge is -2.31. The van der Waals surface area contributed by atoms with Crippen LogP contribution in [-0.4, -0.2) is 53.9 Å². The highest BCUT2D eigenvalue weighted by molar-refractivity contribution is 6.34. The Balaban J connectivity index is 0.00000288. The number of amides is 2. The molecule has 2 amide bonds. The summed E-state index contributed by atoms with van der Waals surface area (Å²) in [6, 6.07) is 4.17. The van der Waals surface area contributed by atoms with Gasteiger partial charge in [-0.2, -0.15) is 0 Å². The fraction of sp³-hybridized carbons (Fsp3) is 0.429. The Labute approximate surface area is 150 Å². The van der Waals surface area contributed by atoms with Gasteiger partial charge in [0.15, 0.2) is 0 Å². The summed E-state index contributed by atoms with van der Waals surface area (Å²) in [6.45, 7) is 3.54. The molecule has 0 aliphatic carbocycles. The van der Waals surface area contributed by atoms with Gasteiger partial charge in [0.1, 0.15) is 5.56 Å². The predicted molar refractivity (Wildman–Crippen MR) is 91.7 cm³/mol. The van der Waals surface area contributed by atoms with Crippen molar-refractivity contribution in [1.29, 1.82) is 0 Å². The predicted octanol–water partition coefficient (Wildman–Crippen LogP) is 1.22. The van der Waals surface area contributed by atoms with Gasteiger partial charge in [-0.15, -0.1) is 12.4 Å². The molecule has 1 unspecified atom stereocenters. The third-order valence-electron chi connectivity index (χ3n) is 3.54. The van der Waals surface area contributed by atoms with Crippen LogP contribution in [0.3, 0.4) is 0 Å². The zero-order chi connectivity index (χ0) is 17.0. The molecule has 1 aliphatic rings. The summed E-state index contributed by atoms with van der Waals surface area (Å²) in [7, 11) is 0. The number of nitro groups is 1. The Morgan fingerprint density at radius 3 is 2.83 bits per heavy atom. The third-order valence-corrected chi connectivity index (χ3v) is 3.85. The molecule has 132 valence electrons. The summed E-state index contributed by atoms with van der Waals surface area (Å²) in [5.41, 5.74) is -0.626. The molecule has 0 spiro atoms. The summed E-state index contributed by atoms with van der Waals surface area (Å²) in [6.07, 6.45) is 0. The molecule has 0 radical (unpaired) electrons. The molecule has 2 N–H and O–H groups in total. The highest BCUT2D eigenvalue weighted by atomic mass is 35.5. The van der Waals surface area contributed by atoms with E-state index in [1.807, 2.05) is 6.92 Å². The molecule has 0 bridgehead atoms. The lowest BCUT2D eigenvalue weighted by Crippen LogP contribution is -2.53. The lowest BCUT2D eigenvalue weighted by atomic mass is 10.1. The Kier molecular flexibility index (Phi) is 7.40. The zero-order valence-electron chi connectivity index (χ0n) is 13.0. The molecule has 10 heteroatoms. The summed E-state index contributed by atoms with van der Waals surface area (Å²) in [5, 5.41) is 16.6. The standard InChI is InChI=1S/C14H17ClN4O4.ClH/c1-9-8-18(6-5-16-9)12(20)7-17-14(21)13-10(15)3-2-4-11(13)19(22)23;/h2-4,9,16H,5-8H2,1H3,(H,17,21);1H. The summed E-state index contributed by atoms with van der Waals surface area (Å²) >= 11 is 5.88. The second-order valence-corrected chi connectivity index (χ2v) is 5.68. The highest BCUT2D eigenvalue weighted by Crippen LogP contribution is 2.25. The lowest BCUT2D eigenvalue weighted by molar-refractivity contribution is -0.385. The normalized spacial score (nSPS) is 16.9. The van der Waals surface area contributed by atoms with E-state index in [9.17, 15) is 19.7 Å². The minimum absolute atomic E-state index is 0. The minimum atomic E-state index is -0.737. The first-order valence-electron chi connectivity index (χ1n) is 7.12. The van der Waals surface area contributed by atoms with Crippen molar-refractivity contribution in [1.82, 2.24) is 15.5 Å². The number of rotatable bonds is 4. The molecule has 1 atom stereocenters. The average molecular weight is 377 g/mol. The maximum absolute atomic E-state index is 12.2. The number of halogens is 2. The molecular weight excluding hydrogens is 359 g/mol. The van der Waals surface area contributed by atoms with E-state index >= 15 is 0 Å². The second-order valence-electron chi connectivity index (χ2n) is 5.27. The zero-order valence-corrected chi connectivity index (χ0v) is 14.5. The van der Waals surface area contributed by atoms with Crippen LogP contribution in [0, 0.1) is 10.1 Å². The first-order chi connectivity index (χ1) is 10.9. The first-order valence-corrected chi connectivity index (χ1v) is 7.50. The van der Waals surface area contributed by atoms with E-state index in [0.717, 1.165) is 0 Å². The van der Waals surface area contributed by atoms with Crippen molar-refractivity contribution in [2.24, 2.45) is 0 Å². The number of carbonyl (C=O) groups excluding carboxylic acids is 2. The smallest absolute Gasteiger partial charge is 0.283 e. The van der Waals surface area contributed by atoms with Gasteiger partial charge in [-0.05, 0) is 13.0 Å². The first kappa shape index (κ1) is 20.1. The van der Waals surface area contributed by atoms with Crippen LogP contribution >= 0.6 is 24.0 Å². The summed E-state index contributed by atoms with van der Waals surface area (Å²) in [4.78, 5) is 36.2. The number of benzene rings is 1. The molecule has 24 heavy (non-hydrogen) atoms. The van der Waals surface area contributed by atoms with Crippen molar-refractivity contribution in [3.63, 3.8) is 0 Å². The maximum atomic E-state index is 12.2. The van der Waals surface area contributed by atoms with Gasteiger partial charge >= 0.3 is 0 Å². The molecule has 1 saturated heterocycles. The fourth-order valence-electron chi connectivity index (χ4n) is 2.40. The van der Waals surface area contributed by atoms with Gasteiger partial charge in [0, 0.05) is 31.7 Å². The minimum Gasteiger partial charge on any atom is -0.343 e. The van der Waals surface area contributed by atoms with Gasteiger partial charge in [-0.3, -0.25) is 19.7 Å². The monoisotopic (exact) mass is 376 g/mol.